The Morgan fingerprint density at radius 1 is 1.75 bits per heavy atom. The van der Waals surface area contributed by atoms with Crippen LogP contribution < -0.4 is 5.32 Å². The number of hydrogen-bond donors (Lipinski definition) is 1. The first-order valence-electron chi connectivity index (χ1n) is 3.82. The van der Waals surface area contributed by atoms with Gasteiger partial charge in [-0.15, -0.1) is 11.3 Å². The normalized spacial score (nSPS) is 10.4. The third-order valence-electron chi connectivity index (χ3n) is 1.29. The lowest BCUT2D eigenvalue weighted by Gasteiger charge is -1.92. The molecule has 0 unspecified atom stereocenters. The van der Waals surface area contributed by atoms with Gasteiger partial charge in [0.25, 0.3) is 0 Å². The molecule has 1 rings (SSSR count). The first-order valence-corrected chi connectivity index (χ1v) is 4.70. The van der Waals surface area contributed by atoms with Gasteiger partial charge in [0, 0.05) is 17.5 Å². The van der Waals surface area contributed by atoms with Gasteiger partial charge in [-0.3, -0.25) is 4.79 Å². The van der Waals surface area contributed by atoms with Crippen molar-refractivity contribution in [2.24, 2.45) is 0 Å². The van der Waals surface area contributed by atoms with Crippen LogP contribution in [0, 0.1) is 0 Å². The third kappa shape index (κ3) is 2.88. The molecule has 0 aliphatic carbocycles. The highest BCUT2D eigenvalue weighted by Crippen LogP contribution is 2.09. The van der Waals surface area contributed by atoms with E-state index in [0.717, 1.165) is 4.88 Å². The van der Waals surface area contributed by atoms with Crippen LogP contribution >= 0.6 is 11.3 Å². The van der Waals surface area contributed by atoms with Gasteiger partial charge in [-0.25, -0.2) is 0 Å². The maximum Gasteiger partial charge on any atom is 0.244 e. The highest BCUT2D eigenvalue weighted by molar-refractivity contribution is 7.10. The lowest BCUT2D eigenvalue weighted by molar-refractivity contribution is -0.116. The van der Waals surface area contributed by atoms with E-state index in [9.17, 15) is 4.79 Å². The van der Waals surface area contributed by atoms with E-state index in [1.807, 2.05) is 30.5 Å². The molecule has 12 heavy (non-hydrogen) atoms. The van der Waals surface area contributed by atoms with E-state index in [0.29, 0.717) is 6.54 Å². The van der Waals surface area contributed by atoms with Crippen LogP contribution in [0.15, 0.2) is 23.6 Å². The summed E-state index contributed by atoms with van der Waals surface area (Å²) in [6.45, 7) is 2.57. The van der Waals surface area contributed by atoms with Gasteiger partial charge in [-0.05, 0) is 24.4 Å². The summed E-state index contributed by atoms with van der Waals surface area (Å²) in [6, 6.07) is 3.93. The van der Waals surface area contributed by atoms with Crippen molar-refractivity contribution in [1.29, 1.82) is 0 Å². The first kappa shape index (κ1) is 9.00. The molecule has 0 saturated heterocycles. The predicted octanol–water partition coefficient (Wildman–Crippen LogP) is 1.90. The molecule has 1 aromatic heterocycles. The van der Waals surface area contributed by atoms with Gasteiger partial charge in [-0.2, -0.15) is 0 Å². The summed E-state index contributed by atoms with van der Waals surface area (Å²) in [6.07, 6.45) is 3.37. The molecule has 0 aliphatic rings. The third-order valence-corrected chi connectivity index (χ3v) is 2.13. The summed E-state index contributed by atoms with van der Waals surface area (Å²) < 4.78 is 0. The Hall–Kier alpha value is -1.09. The van der Waals surface area contributed by atoms with E-state index in [-0.39, 0.29) is 5.91 Å². The minimum absolute atomic E-state index is 0.0362. The molecule has 0 aliphatic heterocycles. The van der Waals surface area contributed by atoms with Crippen molar-refractivity contribution in [2.45, 2.75) is 6.92 Å². The molecule has 1 N–H and O–H groups in total. The zero-order valence-corrected chi connectivity index (χ0v) is 7.73. The van der Waals surface area contributed by atoms with Crippen LogP contribution in [-0.2, 0) is 4.79 Å². The van der Waals surface area contributed by atoms with E-state index in [2.05, 4.69) is 5.32 Å². The molecule has 0 saturated carbocycles. The molecule has 0 aromatic carbocycles. The van der Waals surface area contributed by atoms with Crippen LogP contribution in [0.25, 0.3) is 6.08 Å². The highest BCUT2D eigenvalue weighted by atomic mass is 32.1. The van der Waals surface area contributed by atoms with Gasteiger partial charge < -0.3 is 5.32 Å². The van der Waals surface area contributed by atoms with Crippen molar-refractivity contribution in [3.63, 3.8) is 0 Å². The number of carbonyl (C=O) groups excluding carboxylic acids is 1. The van der Waals surface area contributed by atoms with Crippen LogP contribution in [0.4, 0.5) is 0 Å². The number of rotatable bonds is 3. The fourth-order valence-corrected chi connectivity index (χ4v) is 1.40. The van der Waals surface area contributed by atoms with E-state index >= 15 is 0 Å². The van der Waals surface area contributed by atoms with Crippen LogP contribution in [0.5, 0.6) is 0 Å². The van der Waals surface area contributed by atoms with Gasteiger partial charge in [0.15, 0.2) is 0 Å². The molecule has 0 atom stereocenters. The van der Waals surface area contributed by atoms with E-state index in [1.54, 1.807) is 17.4 Å². The van der Waals surface area contributed by atoms with Gasteiger partial charge in [0.2, 0.25) is 5.91 Å². The molecule has 3 heteroatoms. The zero-order valence-electron chi connectivity index (χ0n) is 6.91. The molecule has 64 valence electrons. The minimum atomic E-state index is -0.0362. The molecular formula is C9H11NOS. The molecule has 1 amide bonds. The number of hydrogen-bond acceptors (Lipinski definition) is 2. The van der Waals surface area contributed by atoms with Crippen LogP contribution in [-0.4, -0.2) is 12.5 Å². The van der Waals surface area contributed by atoms with Gasteiger partial charge in [0.1, 0.15) is 0 Å². The zero-order chi connectivity index (χ0) is 8.81. The largest absolute Gasteiger partial charge is 0.353 e. The summed E-state index contributed by atoms with van der Waals surface area (Å²) in [5.74, 6) is -0.0362. The number of likely N-dealkylation sites (N-methyl/N-ethyl adjacent to an activating group) is 1. The van der Waals surface area contributed by atoms with E-state index in [4.69, 9.17) is 0 Å². The SMILES string of the molecule is CCNC(=O)/C=C/c1cccs1. The highest BCUT2D eigenvalue weighted by Gasteiger charge is 1.91. The van der Waals surface area contributed by atoms with E-state index in [1.165, 1.54) is 0 Å². The smallest absolute Gasteiger partial charge is 0.244 e. The molecule has 0 bridgehead atoms. The maximum absolute atomic E-state index is 10.9. The van der Waals surface area contributed by atoms with Crippen molar-refractivity contribution in [2.75, 3.05) is 6.54 Å². The molecule has 1 aromatic rings. The molecule has 0 fully saturated rings. The number of carbonyl (C=O) groups is 1. The topological polar surface area (TPSA) is 29.1 Å². The first-order chi connectivity index (χ1) is 5.83. The Morgan fingerprint density at radius 2 is 2.58 bits per heavy atom. The Morgan fingerprint density at radius 3 is 3.17 bits per heavy atom. The minimum Gasteiger partial charge on any atom is -0.353 e. The predicted molar refractivity (Wildman–Crippen MR) is 52.0 cm³/mol. The Bertz CT molecular complexity index is 264. The summed E-state index contributed by atoms with van der Waals surface area (Å²) >= 11 is 1.62. The van der Waals surface area contributed by atoms with Gasteiger partial charge in [-0.1, -0.05) is 6.07 Å². The fraction of sp³-hybridized carbons (Fsp3) is 0.222. The van der Waals surface area contributed by atoms with Crippen molar-refractivity contribution in [3.8, 4) is 0 Å². The maximum atomic E-state index is 10.9. The average molecular weight is 181 g/mol. The standard InChI is InChI=1S/C9H11NOS/c1-2-10-9(11)6-5-8-4-3-7-12-8/h3-7H,2H2,1H3,(H,10,11)/b6-5+. The second-order valence-corrected chi connectivity index (χ2v) is 3.22. The van der Waals surface area contributed by atoms with Crippen molar-refractivity contribution in [1.82, 2.24) is 5.32 Å². The van der Waals surface area contributed by atoms with Crippen molar-refractivity contribution in [3.05, 3.63) is 28.5 Å². The lowest BCUT2D eigenvalue weighted by atomic mass is 10.4. The van der Waals surface area contributed by atoms with Crippen LogP contribution in [0.2, 0.25) is 0 Å². The molecule has 1 heterocycles. The monoisotopic (exact) mass is 181 g/mol. The lowest BCUT2D eigenvalue weighted by Crippen LogP contribution is -2.19. The van der Waals surface area contributed by atoms with Gasteiger partial charge in [0.05, 0.1) is 0 Å². The summed E-state index contributed by atoms with van der Waals surface area (Å²) in [7, 11) is 0. The quantitative estimate of drug-likeness (QED) is 0.709. The second kappa shape index (κ2) is 4.72. The summed E-state index contributed by atoms with van der Waals surface area (Å²) in [4.78, 5) is 12.0. The van der Waals surface area contributed by atoms with Crippen molar-refractivity contribution < 1.29 is 4.79 Å². The number of nitrogens with one attached hydrogen (secondary N) is 1. The van der Waals surface area contributed by atoms with E-state index < -0.39 is 0 Å². The summed E-state index contributed by atoms with van der Waals surface area (Å²) in [5, 5.41) is 4.67. The Kier molecular flexibility index (Phi) is 3.54. The van der Waals surface area contributed by atoms with Crippen molar-refractivity contribution >= 4 is 23.3 Å². The second-order valence-electron chi connectivity index (χ2n) is 2.24. The summed E-state index contributed by atoms with van der Waals surface area (Å²) in [5.41, 5.74) is 0. The number of thiophene rings is 1. The molecular weight excluding hydrogens is 170 g/mol. The average Bonchev–Trinajstić information content (AvgIpc) is 2.53. The number of amides is 1. The molecule has 0 radical (unpaired) electrons. The molecule has 0 spiro atoms. The van der Waals surface area contributed by atoms with Gasteiger partial charge >= 0.3 is 0 Å². The Labute approximate surface area is 75.9 Å². The van der Waals surface area contributed by atoms with Crippen LogP contribution in [0.3, 0.4) is 0 Å². The van der Waals surface area contributed by atoms with Crippen LogP contribution in [0.1, 0.15) is 11.8 Å². The fourth-order valence-electron chi connectivity index (χ4n) is 0.777. The Balaban J connectivity index is 2.45. The molecule has 2 nitrogen and oxygen atoms in total.